The Labute approximate surface area is 139 Å². The van der Waals surface area contributed by atoms with Crippen LogP contribution in [0.25, 0.3) is 5.65 Å². The Morgan fingerprint density at radius 1 is 1.29 bits per heavy atom. The van der Waals surface area contributed by atoms with Crippen molar-refractivity contribution in [3.8, 4) is 0 Å². The first-order chi connectivity index (χ1) is 11.8. The van der Waals surface area contributed by atoms with Crippen molar-refractivity contribution in [2.75, 3.05) is 18.4 Å². The van der Waals surface area contributed by atoms with Crippen molar-refractivity contribution in [3.05, 3.63) is 43.0 Å². The summed E-state index contributed by atoms with van der Waals surface area (Å²) in [5.74, 6) is 0.976. The van der Waals surface area contributed by atoms with Crippen LogP contribution in [0.5, 0.6) is 0 Å². The molecule has 1 N–H and O–H groups in total. The van der Waals surface area contributed by atoms with E-state index in [9.17, 15) is 4.79 Å². The molecule has 4 rings (SSSR count). The first-order valence-corrected chi connectivity index (χ1v) is 8.10. The maximum atomic E-state index is 12.3. The molecule has 1 amide bonds. The Balaban J connectivity index is 1.31. The lowest BCUT2D eigenvalue weighted by atomic mass is 10.2. The van der Waals surface area contributed by atoms with Crippen LogP contribution in [0.4, 0.5) is 5.82 Å². The van der Waals surface area contributed by atoms with E-state index in [4.69, 9.17) is 0 Å². The van der Waals surface area contributed by atoms with Gasteiger partial charge in [0.25, 0.3) is 0 Å². The first kappa shape index (κ1) is 14.7. The number of rotatable bonds is 5. The minimum Gasteiger partial charge on any atom is -0.364 e. The number of likely N-dealkylation sites (tertiary alicyclic amines) is 1. The summed E-state index contributed by atoms with van der Waals surface area (Å²) in [6.45, 7) is 2.11. The van der Waals surface area contributed by atoms with Crippen LogP contribution in [-0.4, -0.2) is 54.3 Å². The summed E-state index contributed by atoms with van der Waals surface area (Å²) in [5, 5.41) is 12.0. The Kier molecular flexibility index (Phi) is 3.86. The van der Waals surface area contributed by atoms with Gasteiger partial charge >= 0.3 is 0 Å². The van der Waals surface area contributed by atoms with Crippen LogP contribution in [0.2, 0.25) is 0 Å². The average molecular weight is 325 g/mol. The highest BCUT2D eigenvalue weighted by molar-refractivity contribution is 5.76. The number of anilines is 1. The van der Waals surface area contributed by atoms with E-state index in [2.05, 4.69) is 20.5 Å². The van der Waals surface area contributed by atoms with Crippen molar-refractivity contribution in [1.29, 1.82) is 0 Å². The highest BCUT2D eigenvalue weighted by Crippen LogP contribution is 2.16. The number of aryl methyl sites for hydroxylation is 1. The van der Waals surface area contributed by atoms with Crippen molar-refractivity contribution in [3.63, 3.8) is 0 Å². The third-order valence-corrected chi connectivity index (χ3v) is 4.26. The van der Waals surface area contributed by atoms with Gasteiger partial charge < -0.3 is 10.2 Å². The predicted molar refractivity (Wildman–Crippen MR) is 88.4 cm³/mol. The normalized spacial score (nSPS) is 17.5. The molecule has 8 heteroatoms. The number of nitrogens with one attached hydrogen (secondary N) is 1. The number of carbonyl (C=O) groups excluding carboxylic acids is 1. The maximum absolute atomic E-state index is 12.3. The van der Waals surface area contributed by atoms with Gasteiger partial charge in [0.2, 0.25) is 5.91 Å². The molecule has 1 aliphatic heterocycles. The van der Waals surface area contributed by atoms with E-state index in [0.29, 0.717) is 19.5 Å². The fraction of sp³-hybridized carbons (Fsp3) is 0.375. The van der Waals surface area contributed by atoms with Crippen LogP contribution in [0, 0.1) is 0 Å². The van der Waals surface area contributed by atoms with Gasteiger partial charge in [-0.25, -0.2) is 9.50 Å². The first-order valence-electron chi connectivity index (χ1n) is 8.10. The summed E-state index contributed by atoms with van der Waals surface area (Å²) in [6, 6.07) is 5.94. The molecule has 1 unspecified atom stereocenters. The largest absolute Gasteiger partial charge is 0.364 e. The monoisotopic (exact) mass is 325 g/mol. The molecule has 124 valence electrons. The van der Waals surface area contributed by atoms with Crippen molar-refractivity contribution in [2.45, 2.75) is 25.4 Å². The van der Waals surface area contributed by atoms with Crippen molar-refractivity contribution >= 4 is 17.4 Å². The van der Waals surface area contributed by atoms with Gasteiger partial charge in [0.1, 0.15) is 5.82 Å². The third-order valence-electron chi connectivity index (χ3n) is 4.26. The van der Waals surface area contributed by atoms with Gasteiger partial charge in [-0.05, 0) is 24.6 Å². The van der Waals surface area contributed by atoms with Crippen LogP contribution in [0.15, 0.2) is 43.0 Å². The summed E-state index contributed by atoms with van der Waals surface area (Å²) >= 11 is 0. The quantitative estimate of drug-likeness (QED) is 0.758. The molecule has 1 saturated heterocycles. The van der Waals surface area contributed by atoms with E-state index >= 15 is 0 Å². The highest BCUT2D eigenvalue weighted by atomic mass is 16.2. The number of nitrogens with zero attached hydrogens (tertiary/aromatic N) is 6. The molecule has 0 saturated carbocycles. The molecule has 4 heterocycles. The average Bonchev–Trinajstić information content (AvgIpc) is 3.33. The highest BCUT2D eigenvalue weighted by Gasteiger charge is 2.26. The lowest BCUT2D eigenvalue weighted by molar-refractivity contribution is -0.130. The summed E-state index contributed by atoms with van der Waals surface area (Å²) < 4.78 is 3.53. The maximum Gasteiger partial charge on any atom is 0.224 e. The molecule has 0 aliphatic carbocycles. The van der Waals surface area contributed by atoms with Crippen LogP contribution in [0.3, 0.4) is 0 Å². The van der Waals surface area contributed by atoms with Gasteiger partial charge in [-0.1, -0.05) is 0 Å². The van der Waals surface area contributed by atoms with Gasteiger partial charge in [-0.15, -0.1) is 5.10 Å². The van der Waals surface area contributed by atoms with Crippen molar-refractivity contribution in [1.82, 2.24) is 29.3 Å². The lowest BCUT2D eigenvalue weighted by Crippen LogP contribution is -2.32. The van der Waals surface area contributed by atoms with Crippen LogP contribution in [0.1, 0.15) is 12.8 Å². The fourth-order valence-corrected chi connectivity index (χ4v) is 3.01. The molecule has 0 radical (unpaired) electrons. The second-order valence-electron chi connectivity index (χ2n) is 5.94. The molecule has 8 nitrogen and oxygen atoms in total. The zero-order chi connectivity index (χ0) is 16.4. The number of hydrogen-bond acceptors (Lipinski definition) is 5. The van der Waals surface area contributed by atoms with E-state index in [1.165, 1.54) is 0 Å². The number of aromatic nitrogens is 5. The van der Waals surface area contributed by atoms with Gasteiger partial charge in [0.15, 0.2) is 5.65 Å². The SMILES string of the molecule is O=C(CCn1cccn1)N1CCC(Nc2ccc3nccn3n2)C1. The number of amides is 1. The number of hydrogen-bond donors (Lipinski definition) is 1. The van der Waals surface area contributed by atoms with E-state index < -0.39 is 0 Å². The van der Waals surface area contributed by atoms with Gasteiger partial charge in [-0.3, -0.25) is 9.48 Å². The van der Waals surface area contributed by atoms with Gasteiger partial charge in [-0.2, -0.15) is 5.10 Å². The summed E-state index contributed by atoms with van der Waals surface area (Å²) in [7, 11) is 0. The van der Waals surface area contributed by atoms with Gasteiger partial charge in [0.05, 0.1) is 0 Å². The van der Waals surface area contributed by atoms with E-state index in [1.54, 1.807) is 21.6 Å². The van der Waals surface area contributed by atoms with Gasteiger partial charge in [0, 0.05) is 56.9 Å². The van der Waals surface area contributed by atoms with E-state index in [1.807, 2.05) is 35.5 Å². The molecule has 24 heavy (non-hydrogen) atoms. The minimum absolute atomic E-state index is 0.174. The molecule has 3 aromatic rings. The molecule has 1 aliphatic rings. The Morgan fingerprint density at radius 3 is 3.12 bits per heavy atom. The number of carbonyl (C=O) groups is 1. The lowest BCUT2D eigenvalue weighted by Gasteiger charge is -2.17. The second kappa shape index (κ2) is 6.31. The molecule has 3 aromatic heterocycles. The van der Waals surface area contributed by atoms with Crippen LogP contribution in [-0.2, 0) is 11.3 Å². The standard InChI is InChI=1S/C16H19N7O/c24-16(5-10-22-8-1-6-18-22)21-9-4-13(12-21)19-14-2-3-15-17-7-11-23(15)20-14/h1-3,6-8,11,13H,4-5,9-10,12H2,(H,19,20). The van der Waals surface area contributed by atoms with Crippen LogP contribution < -0.4 is 5.32 Å². The van der Waals surface area contributed by atoms with Crippen LogP contribution >= 0.6 is 0 Å². The number of imidazole rings is 1. The Morgan fingerprint density at radius 2 is 2.25 bits per heavy atom. The summed E-state index contributed by atoms with van der Waals surface area (Å²) in [6.07, 6.45) is 8.55. The Hall–Kier alpha value is -2.90. The topological polar surface area (TPSA) is 80.4 Å². The molecule has 1 atom stereocenters. The minimum atomic E-state index is 0.174. The molecular weight excluding hydrogens is 306 g/mol. The molecule has 0 aromatic carbocycles. The third kappa shape index (κ3) is 3.08. The zero-order valence-electron chi connectivity index (χ0n) is 13.2. The summed E-state index contributed by atoms with van der Waals surface area (Å²) in [5.41, 5.74) is 0.822. The van der Waals surface area contributed by atoms with E-state index in [0.717, 1.165) is 24.4 Å². The molecular formula is C16H19N7O. The van der Waals surface area contributed by atoms with E-state index in [-0.39, 0.29) is 11.9 Å². The smallest absolute Gasteiger partial charge is 0.224 e. The predicted octanol–water partition coefficient (Wildman–Crippen LogP) is 1.03. The Bertz CT molecular complexity index is 826. The van der Waals surface area contributed by atoms with Crippen molar-refractivity contribution in [2.24, 2.45) is 0 Å². The van der Waals surface area contributed by atoms with Crippen molar-refractivity contribution < 1.29 is 4.79 Å². The molecule has 0 bridgehead atoms. The fourth-order valence-electron chi connectivity index (χ4n) is 3.01. The number of fused-ring (bicyclic) bond motifs is 1. The molecule has 1 fully saturated rings. The molecule has 0 spiro atoms. The second-order valence-corrected chi connectivity index (χ2v) is 5.94. The zero-order valence-corrected chi connectivity index (χ0v) is 13.2. The summed E-state index contributed by atoms with van der Waals surface area (Å²) in [4.78, 5) is 18.4.